The molecule has 3 heteroatoms. The van der Waals surface area contributed by atoms with Gasteiger partial charge in [0.05, 0.1) is 0 Å². The zero-order chi connectivity index (χ0) is 12.0. The van der Waals surface area contributed by atoms with Gasteiger partial charge >= 0.3 is 0 Å². The molecule has 0 amide bonds. The van der Waals surface area contributed by atoms with Crippen molar-refractivity contribution in [1.82, 2.24) is 0 Å². The molecule has 0 fully saturated rings. The number of rotatable bonds is 6. The minimum absolute atomic E-state index is 0.226. The Hall–Kier alpha value is -0.150. The molecular weight excluding hydrogens is 332 g/mol. The molecule has 1 aromatic carbocycles. The van der Waals surface area contributed by atoms with Crippen LogP contribution in [0.15, 0.2) is 27.1 Å². The molecule has 0 bridgehead atoms. The number of carbonyl (C=O) groups is 1. The van der Waals surface area contributed by atoms with E-state index in [1.807, 2.05) is 18.2 Å². The summed E-state index contributed by atoms with van der Waals surface area (Å²) in [5.74, 6) is 0.226. The third-order valence-electron chi connectivity index (χ3n) is 2.49. The van der Waals surface area contributed by atoms with Gasteiger partial charge in [0.1, 0.15) is 0 Å². The minimum Gasteiger partial charge on any atom is -0.294 e. The summed E-state index contributed by atoms with van der Waals surface area (Å²) in [6.45, 7) is 2.17. The molecule has 0 N–H and O–H groups in total. The summed E-state index contributed by atoms with van der Waals surface area (Å²) in [6, 6.07) is 5.72. The van der Waals surface area contributed by atoms with Crippen LogP contribution >= 0.6 is 31.9 Å². The van der Waals surface area contributed by atoms with E-state index in [-0.39, 0.29) is 5.78 Å². The fourth-order valence-corrected chi connectivity index (χ4v) is 2.39. The SMILES string of the molecule is CCCCCCC(=O)c1cc(Br)ccc1Br. The van der Waals surface area contributed by atoms with E-state index in [9.17, 15) is 4.79 Å². The molecule has 0 unspecified atom stereocenters. The van der Waals surface area contributed by atoms with E-state index < -0.39 is 0 Å². The molecule has 1 aromatic rings. The van der Waals surface area contributed by atoms with Gasteiger partial charge in [0.15, 0.2) is 5.78 Å². The molecule has 0 heterocycles. The Morgan fingerprint density at radius 1 is 1.19 bits per heavy atom. The van der Waals surface area contributed by atoms with Crippen molar-refractivity contribution in [3.63, 3.8) is 0 Å². The van der Waals surface area contributed by atoms with Crippen molar-refractivity contribution >= 4 is 37.6 Å². The van der Waals surface area contributed by atoms with E-state index >= 15 is 0 Å². The summed E-state index contributed by atoms with van der Waals surface area (Å²) in [5, 5.41) is 0. The van der Waals surface area contributed by atoms with Crippen LogP contribution in [0.3, 0.4) is 0 Å². The number of hydrogen-bond acceptors (Lipinski definition) is 1. The largest absolute Gasteiger partial charge is 0.294 e. The lowest BCUT2D eigenvalue weighted by molar-refractivity contribution is 0.0978. The van der Waals surface area contributed by atoms with Crippen molar-refractivity contribution in [3.8, 4) is 0 Å². The predicted octanol–water partition coefficient (Wildman–Crippen LogP) is 5.36. The highest BCUT2D eigenvalue weighted by Gasteiger charge is 2.09. The fourth-order valence-electron chi connectivity index (χ4n) is 1.56. The van der Waals surface area contributed by atoms with Gasteiger partial charge in [0.2, 0.25) is 0 Å². The van der Waals surface area contributed by atoms with Gasteiger partial charge in [-0.25, -0.2) is 0 Å². The molecule has 0 aromatic heterocycles. The van der Waals surface area contributed by atoms with Crippen molar-refractivity contribution in [2.45, 2.75) is 39.0 Å². The molecule has 0 aliphatic heterocycles. The lowest BCUT2D eigenvalue weighted by atomic mass is 10.0. The van der Waals surface area contributed by atoms with E-state index in [1.165, 1.54) is 12.8 Å². The first-order chi connectivity index (χ1) is 7.65. The normalized spacial score (nSPS) is 10.4. The molecule has 0 atom stereocenters. The molecule has 1 nitrogen and oxygen atoms in total. The second kappa shape index (κ2) is 7.23. The third-order valence-corrected chi connectivity index (χ3v) is 3.67. The Morgan fingerprint density at radius 2 is 1.94 bits per heavy atom. The highest BCUT2D eigenvalue weighted by Crippen LogP contribution is 2.23. The zero-order valence-corrected chi connectivity index (χ0v) is 12.6. The molecule has 0 radical (unpaired) electrons. The quantitative estimate of drug-likeness (QED) is 0.499. The van der Waals surface area contributed by atoms with Crippen LogP contribution in [-0.4, -0.2) is 5.78 Å². The summed E-state index contributed by atoms with van der Waals surface area (Å²) in [5.41, 5.74) is 0.783. The molecule has 88 valence electrons. The van der Waals surface area contributed by atoms with Crippen LogP contribution in [0.4, 0.5) is 0 Å². The Kier molecular flexibility index (Phi) is 6.29. The topological polar surface area (TPSA) is 17.1 Å². The maximum Gasteiger partial charge on any atom is 0.164 e. The molecule has 0 saturated carbocycles. The standard InChI is InChI=1S/C13H16Br2O/c1-2-3-4-5-6-13(16)11-9-10(14)7-8-12(11)15/h7-9H,2-6H2,1H3. The van der Waals surface area contributed by atoms with Crippen LogP contribution in [0.1, 0.15) is 49.4 Å². The summed E-state index contributed by atoms with van der Waals surface area (Å²) in [4.78, 5) is 11.9. The molecule has 0 spiro atoms. The van der Waals surface area contributed by atoms with Crippen molar-refractivity contribution < 1.29 is 4.79 Å². The van der Waals surface area contributed by atoms with E-state index in [0.717, 1.165) is 27.4 Å². The lowest BCUT2D eigenvalue weighted by Gasteiger charge is -2.04. The van der Waals surface area contributed by atoms with Crippen molar-refractivity contribution in [1.29, 1.82) is 0 Å². The lowest BCUT2D eigenvalue weighted by Crippen LogP contribution is -2.00. The average molecular weight is 348 g/mol. The minimum atomic E-state index is 0.226. The van der Waals surface area contributed by atoms with E-state index in [2.05, 4.69) is 38.8 Å². The number of halogens is 2. The van der Waals surface area contributed by atoms with Gasteiger partial charge < -0.3 is 0 Å². The van der Waals surface area contributed by atoms with Gasteiger partial charge in [-0.15, -0.1) is 0 Å². The summed E-state index contributed by atoms with van der Waals surface area (Å²) >= 11 is 6.80. The van der Waals surface area contributed by atoms with Crippen molar-refractivity contribution in [3.05, 3.63) is 32.7 Å². The maximum atomic E-state index is 11.9. The maximum absolute atomic E-state index is 11.9. The smallest absolute Gasteiger partial charge is 0.164 e. The fraction of sp³-hybridized carbons (Fsp3) is 0.462. The number of hydrogen-bond donors (Lipinski definition) is 0. The van der Waals surface area contributed by atoms with Crippen molar-refractivity contribution in [2.75, 3.05) is 0 Å². The van der Waals surface area contributed by atoms with Gasteiger partial charge in [-0.3, -0.25) is 4.79 Å². The van der Waals surface area contributed by atoms with Gasteiger partial charge in [-0.05, 0) is 24.6 Å². The molecule has 1 rings (SSSR count). The van der Waals surface area contributed by atoms with Crippen LogP contribution in [0.5, 0.6) is 0 Å². The summed E-state index contributed by atoms with van der Waals surface area (Å²) in [6.07, 6.45) is 5.20. The second-order valence-electron chi connectivity index (χ2n) is 3.86. The van der Waals surface area contributed by atoms with E-state index in [1.54, 1.807) is 0 Å². The Labute approximate surface area is 114 Å². The molecule has 0 aliphatic rings. The molecule has 16 heavy (non-hydrogen) atoms. The highest BCUT2D eigenvalue weighted by molar-refractivity contribution is 9.11. The number of benzene rings is 1. The average Bonchev–Trinajstić information content (AvgIpc) is 2.27. The number of ketones is 1. The number of Topliss-reactive ketones (excluding diaryl/α,β-unsaturated/α-hetero) is 1. The highest BCUT2D eigenvalue weighted by atomic mass is 79.9. The summed E-state index contributed by atoms with van der Waals surface area (Å²) in [7, 11) is 0. The van der Waals surface area contributed by atoms with E-state index in [4.69, 9.17) is 0 Å². The van der Waals surface area contributed by atoms with Crippen LogP contribution in [0.2, 0.25) is 0 Å². The first-order valence-corrected chi connectivity index (χ1v) is 7.22. The molecule has 0 aliphatic carbocycles. The Balaban J connectivity index is 2.55. The number of carbonyl (C=O) groups excluding carboxylic acids is 1. The van der Waals surface area contributed by atoms with Crippen LogP contribution in [-0.2, 0) is 0 Å². The van der Waals surface area contributed by atoms with E-state index in [0.29, 0.717) is 6.42 Å². The monoisotopic (exact) mass is 346 g/mol. The van der Waals surface area contributed by atoms with Gasteiger partial charge in [-0.1, -0.05) is 58.0 Å². The van der Waals surface area contributed by atoms with Gasteiger partial charge in [0, 0.05) is 20.9 Å². The predicted molar refractivity (Wildman–Crippen MR) is 74.9 cm³/mol. The molecular formula is C13H16Br2O. The molecule has 0 saturated heterocycles. The first kappa shape index (κ1) is 13.9. The van der Waals surface area contributed by atoms with Crippen LogP contribution in [0, 0.1) is 0 Å². The van der Waals surface area contributed by atoms with Gasteiger partial charge in [0.25, 0.3) is 0 Å². The van der Waals surface area contributed by atoms with Crippen LogP contribution in [0.25, 0.3) is 0 Å². The second-order valence-corrected chi connectivity index (χ2v) is 5.63. The third kappa shape index (κ3) is 4.38. The van der Waals surface area contributed by atoms with Crippen molar-refractivity contribution in [2.24, 2.45) is 0 Å². The first-order valence-electron chi connectivity index (χ1n) is 5.63. The Bertz CT molecular complexity index is 361. The Morgan fingerprint density at radius 3 is 2.62 bits per heavy atom. The zero-order valence-electron chi connectivity index (χ0n) is 9.43. The summed E-state index contributed by atoms with van der Waals surface area (Å²) < 4.78 is 1.84. The van der Waals surface area contributed by atoms with Gasteiger partial charge in [-0.2, -0.15) is 0 Å². The van der Waals surface area contributed by atoms with Crippen LogP contribution < -0.4 is 0 Å². The number of unbranched alkanes of at least 4 members (excludes halogenated alkanes) is 3.